The average Bonchev–Trinajstić information content (AvgIpc) is 2.28. The predicted molar refractivity (Wildman–Crippen MR) is 43.0 cm³/mol. The van der Waals surface area contributed by atoms with Crippen molar-refractivity contribution in [2.75, 3.05) is 6.54 Å². The van der Waals surface area contributed by atoms with Gasteiger partial charge in [0.1, 0.15) is 5.72 Å². The molecular weight excluding hydrogens is 154 g/mol. The van der Waals surface area contributed by atoms with Gasteiger partial charge >= 0.3 is 0 Å². The molecule has 12 heavy (non-hydrogen) atoms. The van der Waals surface area contributed by atoms with E-state index in [1.165, 1.54) is 0 Å². The van der Waals surface area contributed by atoms with Crippen molar-refractivity contribution < 1.29 is 9.84 Å². The van der Waals surface area contributed by atoms with E-state index in [1.807, 2.05) is 25.7 Å². The Labute approximate surface area is 72.6 Å². The van der Waals surface area contributed by atoms with Crippen molar-refractivity contribution in [2.24, 2.45) is 0 Å². The Kier molecular flexibility index (Phi) is 1.30. The highest BCUT2D eigenvalue weighted by Crippen LogP contribution is 2.41. The van der Waals surface area contributed by atoms with Gasteiger partial charge in [0.25, 0.3) is 0 Å². The van der Waals surface area contributed by atoms with Crippen LogP contribution in [0.3, 0.4) is 0 Å². The third-order valence-corrected chi connectivity index (χ3v) is 2.53. The van der Waals surface area contributed by atoms with Gasteiger partial charge in [0, 0.05) is 13.0 Å². The highest BCUT2D eigenvalue weighted by Gasteiger charge is 2.47. The Bertz CT molecular complexity index is 247. The molecule has 0 radical (unpaired) electrons. The van der Waals surface area contributed by atoms with Crippen molar-refractivity contribution in [2.45, 2.75) is 38.5 Å². The molecule has 0 aliphatic carbocycles. The van der Waals surface area contributed by atoms with Crippen LogP contribution in [-0.2, 0) is 4.74 Å². The smallest absolute Gasteiger partial charge is 0.141 e. The summed E-state index contributed by atoms with van der Waals surface area (Å²) >= 11 is 0. The summed E-state index contributed by atoms with van der Waals surface area (Å²) in [5.74, 6) is 0.114. The Hall–Kier alpha value is -0.700. The lowest BCUT2D eigenvalue weighted by Gasteiger charge is -2.32. The Morgan fingerprint density at radius 1 is 1.50 bits per heavy atom. The van der Waals surface area contributed by atoms with Gasteiger partial charge in [-0.15, -0.1) is 0 Å². The number of nitrogens with zero attached hydrogens (tertiary/aromatic N) is 1. The molecule has 68 valence electrons. The van der Waals surface area contributed by atoms with Crippen molar-refractivity contribution in [3.63, 3.8) is 0 Å². The monoisotopic (exact) mass is 168 g/mol. The van der Waals surface area contributed by atoms with E-state index in [0.29, 0.717) is 6.54 Å². The molecule has 0 saturated carbocycles. The Morgan fingerprint density at radius 2 is 2.17 bits per heavy atom. The molecule has 1 saturated heterocycles. The molecular formula is C9H14NO2-. The summed E-state index contributed by atoms with van der Waals surface area (Å²) in [6.45, 7) is 6.72. The summed E-state index contributed by atoms with van der Waals surface area (Å²) in [4.78, 5) is 1.81. The first-order valence-electron chi connectivity index (χ1n) is 4.28. The van der Waals surface area contributed by atoms with Crippen LogP contribution in [0.15, 0.2) is 12.0 Å². The second-order valence-electron chi connectivity index (χ2n) is 4.37. The first-order valence-corrected chi connectivity index (χ1v) is 4.28. The third-order valence-electron chi connectivity index (χ3n) is 2.53. The minimum Gasteiger partial charge on any atom is -0.860 e. The summed E-state index contributed by atoms with van der Waals surface area (Å²) in [6, 6.07) is 0. The van der Waals surface area contributed by atoms with Crippen LogP contribution in [-0.4, -0.2) is 22.8 Å². The normalized spacial score (nSPS) is 38.2. The molecule has 0 spiro atoms. The molecule has 0 N–H and O–H groups in total. The number of rotatable bonds is 0. The van der Waals surface area contributed by atoms with Gasteiger partial charge < -0.3 is 14.7 Å². The molecule has 0 aromatic heterocycles. The molecule has 0 amide bonds. The van der Waals surface area contributed by atoms with E-state index in [-0.39, 0.29) is 17.2 Å². The van der Waals surface area contributed by atoms with Crippen LogP contribution in [0, 0.1) is 0 Å². The van der Waals surface area contributed by atoms with Crippen LogP contribution in [0.2, 0.25) is 0 Å². The fourth-order valence-corrected chi connectivity index (χ4v) is 2.08. The zero-order valence-corrected chi connectivity index (χ0v) is 7.76. The third kappa shape index (κ3) is 0.926. The molecule has 0 aromatic carbocycles. The van der Waals surface area contributed by atoms with Gasteiger partial charge in [0.15, 0.2) is 0 Å². The number of hydrogen-bond acceptors (Lipinski definition) is 3. The zero-order chi connectivity index (χ0) is 8.98. The molecule has 1 atom stereocenters. The lowest BCUT2D eigenvalue weighted by molar-refractivity contribution is -0.337. The van der Waals surface area contributed by atoms with Gasteiger partial charge in [0.2, 0.25) is 0 Å². The van der Waals surface area contributed by atoms with Crippen LogP contribution in [0.25, 0.3) is 0 Å². The molecule has 0 bridgehead atoms. The van der Waals surface area contributed by atoms with Gasteiger partial charge in [-0.1, -0.05) is 6.08 Å². The van der Waals surface area contributed by atoms with E-state index in [2.05, 4.69) is 0 Å². The summed E-state index contributed by atoms with van der Waals surface area (Å²) in [5.41, 5.74) is -0.542. The van der Waals surface area contributed by atoms with Crippen LogP contribution < -0.4 is 5.11 Å². The fourth-order valence-electron chi connectivity index (χ4n) is 2.08. The van der Waals surface area contributed by atoms with Gasteiger partial charge in [0.05, 0.1) is 5.60 Å². The first-order chi connectivity index (χ1) is 5.43. The number of ether oxygens (including phenoxy) is 1. The molecule has 0 aromatic rings. The van der Waals surface area contributed by atoms with E-state index in [0.717, 1.165) is 6.42 Å². The lowest BCUT2D eigenvalue weighted by Crippen LogP contribution is -2.39. The first kappa shape index (κ1) is 7.92. The van der Waals surface area contributed by atoms with Crippen molar-refractivity contribution in [1.29, 1.82) is 0 Å². The van der Waals surface area contributed by atoms with Crippen LogP contribution >= 0.6 is 0 Å². The van der Waals surface area contributed by atoms with E-state index in [4.69, 9.17) is 4.74 Å². The molecule has 3 heteroatoms. The molecule has 2 aliphatic heterocycles. The molecule has 2 aliphatic rings. The lowest BCUT2D eigenvalue weighted by atomic mass is 10.1. The maximum atomic E-state index is 11.3. The topological polar surface area (TPSA) is 35.5 Å². The van der Waals surface area contributed by atoms with E-state index >= 15 is 0 Å². The molecule has 3 nitrogen and oxygen atoms in total. The van der Waals surface area contributed by atoms with Gasteiger partial charge in [-0.3, -0.25) is 0 Å². The summed E-state index contributed by atoms with van der Waals surface area (Å²) < 4.78 is 5.80. The summed E-state index contributed by atoms with van der Waals surface area (Å²) in [7, 11) is 0. The second kappa shape index (κ2) is 1.96. The highest BCUT2D eigenvalue weighted by molar-refractivity contribution is 5.11. The summed E-state index contributed by atoms with van der Waals surface area (Å²) in [6.07, 6.45) is 2.42. The van der Waals surface area contributed by atoms with Crippen molar-refractivity contribution in [3.05, 3.63) is 12.0 Å². The molecule has 2 rings (SSSR count). The average molecular weight is 168 g/mol. The SMILES string of the molecule is CC1(C)CN2C([O-])=CC[C@@]2(C)O1. The van der Waals surface area contributed by atoms with Crippen molar-refractivity contribution in [3.8, 4) is 0 Å². The number of hydrogen-bond donors (Lipinski definition) is 0. The standard InChI is InChI=1S/C9H15NO2/c1-8(2)6-10-7(11)4-5-9(10,3)12-8/h4,11H,5-6H2,1-3H3/p-1/t9-/m1/s1. The maximum Gasteiger partial charge on any atom is 0.141 e. The van der Waals surface area contributed by atoms with Crippen molar-refractivity contribution in [1.82, 2.24) is 4.90 Å². The summed E-state index contributed by atoms with van der Waals surface area (Å²) in [5, 5.41) is 11.3. The van der Waals surface area contributed by atoms with Crippen molar-refractivity contribution >= 4 is 0 Å². The molecule has 1 fully saturated rings. The van der Waals surface area contributed by atoms with Gasteiger partial charge in [-0.05, 0) is 26.7 Å². The minimum atomic E-state index is -0.361. The van der Waals surface area contributed by atoms with E-state index < -0.39 is 0 Å². The van der Waals surface area contributed by atoms with Crippen LogP contribution in [0.5, 0.6) is 0 Å². The quantitative estimate of drug-likeness (QED) is 0.526. The van der Waals surface area contributed by atoms with E-state index in [9.17, 15) is 5.11 Å². The predicted octanol–water partition coefficient (Wildman–Crippen LogP) is 0.419. The Balaban J connectivity index is 2.28. The van der Waals surface area contributed by atoms with Gasteiger partial charge in [-0.25, -0.2) is 0 Å². The fraction of sp³-hybridized carbons (Fsp3) is 0.778. The van der Waals surface area contributed by atoms with E-state index in [1.54, 1.807) is 6.08 Å². The number of fused-ring (bicyclic) bond motifs is 1. The molecule has 2 heterocycles. The Morgan fingerprint density at radius 3 is 2.75 bits per heavy atom. The largest absolute Gasteiger partial charge is 0.860 e. The minimum absolute atomic E-state index is 0.114. The van der Waals surface area contributed by atoms with Crippen LogP contribution in [0.4, 0.5) is 0 Å². The van der Waals surface area contributed by atoms with Gasteiger partial charge in [-0.2, -0.15) is 0 Å². The second-order valence-corrected chi connectivity index (χ2v) is 4.37. The highest BCUT2D eigenvalue weighted by atomic mass is 16.6. The zero-order valence-electron chi connectivity index (χ0n) is 7.76. The maximum absolute atomic E-state index is 11.3. The molecule has 0 unspecified atom stereocenters. The van der Waals surface area contributed by atoms with Crippen LogP contribution in [0.1, 0.15) is 27.2 Å².